The molecule has 1 aromatic heterocycles. The molecule has 0 aliphatic heterocycles. The lowest BCUT2D eigenvalue weighted by atomic mass is 10.1. The van der Waals surface area contributed by atoms with Gasteiger partial charge in [-0.15, -0.1) is 0 Å². The van der Waals surface area contributed by atoms with E-state index < -0.39 is 0 Å². The molecule has 19 heavy (non-hydrogen) atoms. The Labute approximate surface area is 113 Å². The van der Waals surface area contributed by atoms with Crippen LogP contribution in [0.1, 0.15) is 11.1 Å². The van der Waals surface area contributed by atoms with E-state index in [-0.39, 0.29) is 5.91 Å². The van der Waals surface area contributed by atoms with Gasteiger partial charge in [-0.05, 0) is 23.8 Å². The molecule has 0 fully saturated rings. The Kier molecular flexibility index (Phi) is 4.23. The van der Waals surface area contributed by atoms with Crippen molar-refractivity contribution in [3.8, 4) is 0 Å². The zero-order valence-electron chi connectivity index (χ0n) is 11.2. The Hall–Kier alpha value is -2.23. The zero-order valence-corrected chi connectivity index (χ0v) is 11.2. The molecule has 0 radical (unpaired) electrons. The predicted molar refractivity (Wildman–Crippen MR) is 74.9 cm³/mol. The van der Waals surface area contributed by atoms with Crippen LogP contribution in [-0.4, -0.2) is 24.9 Å². The van der Waals surface area contributed by atoms with Crippen LogP contribution in [0.5, 0.6) is 0 Å². The normalized spacial score (nSPS) is 10.2. The maximum atomic E-state index is 11.6. The van der Waals surface area contributed by atoms with Crippen molar-refractivity contribution in [1.29, 1.82) is 0 Å². The molecule has 1 N–H and O–H groups in total. The monoisotopic (exact) mass is 258 g/mol. The van der Waals surface area contributed by atoms with Gasteiger partial charge in [0, 0.05) is 31.9 Å². The maximum absolute atomic E-state index is 11.6. The van der Waals surface area contributed by atoms with Crippen molar-refractivity contribution in [2.75, 3.05) is 19.4 Å². The smallest absolute Gasteiger partial charge is 0.226 e. The summed E-state index contributed by atoms with van der Waals surface area (Å²) in [7, 11) is 3.53. The summed E-state index contributed by atoms with van der Waals surface area (Å²) in [4.78, 5) is 13.2. The second-order valence-electron chi connectivity index (χ2n) is 4.65. The van der Waals surface area contributed by atoms with Crippen molar-refractivity contribution < 1.29 is 9.21 Å². The van der Waals surface area contributed by atoms with Crippen molar-refractivity contribution in [2.45, 2.75) is 13.0 Å². The number of furan rings is 1. The Bertz CT molecular complexity index is 516. The maximum Gasteiger partial charge on any atom is 0.226 e. The summed E-state index contributed by atoms with van der Waals surface area (Å²) in [5, 5.41) is 3.30. The van der Waals surface area contributed by atoms with Crippen molar-refractivity contribution >= 4 is 11.6 Å². The molecule has 0 saturated heterocycles. The van der Waals surface area contributed by atoms with Gasteiger partial charge in [0.15, 0.2) is 0 Å². The zero-order chi connectivity index (χ0) is 13.7. The number of hydrogen-bond acceptors (Lipinski definition) is 3. The van der Waals surface area contributed by atoms with Gasteiger partial charge in [0.05, 0.1) is 18.9 Å². The number of rotatable bonds is 5. The van der Waals surface area contributed by atoms with E-state index >= 15 is 0 Å². The van der Waals surface area contributed by atoms with Gasteiger partial charge in [0.2, 0.25) is 5.91 Å². The molecule has 0 atom stereocenters. The second-order valence-corrected chi connectivity index (χ2v) is 4.65. The summed E-state index contributed by atoms with van der Waals surface area (Å²) in [6.45, 7) is 0.729. The van der Waals surface area contributed by atoms with Crippen molar-refractivity contribution in [3.05, 3.63) is 54.0 Å². The number of carbonyl (C=O) groups excluding carboxylic acids is 1. The Balaban J connectivity index is 1.89. The molecule has 0 aliphatic rings. The van der Waals surface area contributed by atoms with E-state index in [1.54, 1.807) is 31.5 Å². The fourth-order valence-corrected chi connectivity index (χ4v) is 1.67. The highest BCUT2D eigenvalue weighted by atomic mass is 16.3. The van der Waals surface area contributed by atoms with Crippen LogP contribution >= 0.6 is 0 Å². The molecule has 4 heteroatoms. The van der Waals surface area contributed by atoms with Crippen LogP contribution in [0.15, 0.2) is 47.3 Å². The minimum absolute atomic E-state index is 0.110. The number of anilines is 1. The van der Waals surface area contributed by atoms with Gasteiger partial charge in [-0.1, -0.05) is 12.1 Å². The lowest BCUT2D eigenvalue weighted by Gasteiger charge is -2.10. The minimum Gasteiger partial charge on any atom is -0.472 e. The molecule has 0 spiro atoms. The van der Waals surface area contributed by atoms with E-state index in [4.69, 9.17) is 4.42 Å². The summed E-state index contributed by atoms with van der Waals surface area (Å²) in [6.07, 6.45) is 3.82. The third-order valence-electron chi connectivity index (χ3n) is 2.88. The highest BCUT2D eigenvalue weighted by Gasteiger charge is 2.05. The Morgan fingerprint density at radius 2 is 1.89 bits per heavy atom. The van der Waals surface area contributed by atoms with Crippen molar-refractivity contribution in [2.24, 2.45) is 0 Å². The van der Waals surface area contributed by atoms with Crippen LogP contribution in [0.25, 0.3) is 0 Å². The minimum atomic E-state index is 0.110. The molecule has 2 aromatic rings. The molecule has 1 heterocycles. The molecule has 2 rings (SSSR count). The molecular weight excluding hydrogens is 240 g/mol. The van der Waals surface area contributed by atoms with E-state index in [2.05, 4.69) is 5.32 Å². The van der Waals surface area contributed by atoms with E-state index in [1.807, 2.05) is 30.3 Å². The number of hydrogen-bond donors (Lipinski definition) is 1. The van der Waals surface area contributed by atoms with Crippen molar-refractivity contribution in [3.63, 3.8) is 0 Å². The number of nitrogens with zero attached hydrogens (tertiary/aromatic N) is 1. The molecule has 0 bridgehead atoms. The van der Waals surface area contributed by atoms with Gasteiger partial charge in [0.1, 0.15) is 0 Å². The lowest BCUT2D eigenvalue weighted by Crippen LogP contribution is -2.23. The van der Waals surface area contributed by atoms with Gasteiger partial charge >= 0.3 is 0 Å². The fourth-order valence-electron chi connectivity index (χ4n) is 1.67. The molecule has 4 nitrogen and oxygen atoms in total. The first kappa shape index (κ1) is 13.2. The number of likely N-dealkylation sites (N-methyl/N-ethyl adjacent to an activating group) is 1. The van der Waals surface area contributed by atoms with Gasteiger partial charge in [0.25, 0.3) is 0 Å². The first-order chi connectivity index (χ1) is 9.15. The number of amides is 1. The van der Waals surface area contributed by atoms with E-state index in [0.29, 0.717) is 6.42 Å². The number of nitrogens with one attached hydrogen (secondary N) is 1. The van der Waals surface area contributed by atoms with Crippen LogP contribution in [0.4, 0.5) is 5.69 Å². The summed E-state index contributed by atoms with van der Waals surface area (Å²) < 4.78 is 5.01. The summed E-state index contributed by atoms with van der Waals surface area (Å²) in [5.41, 5.74) is 3.15. The first-order valence-corrected chi connectivity index (χ1v) is 6.19. The lowest BCUT2D eigenvalue weighted by molar-refractivity contribution is -0.127. The fraction of sp³-hybridized carbons (Fsp3) is 0.267. The van der Waals surface area contributed by atoms with Crippen LogP contribution in [0.3, 0.4) is 0 Å². The molecule has 1 amide bonds. The average Bonchev–Trinajstić information content (AvgIpc) is 2.91. The standard InChI is InChI=1S/C15H18N2O2/c1-17(2)15(18)9-12-3-5-14(6-4-12)16-10-13-7-8-19-11-13/h3-8,11,16H,9-10H2,1-2H3. The van der Waals surface area contributed by atoms with E-state index in [1.165, 1.54) is 0 Å². The molecule has 1 aromatic carbocycles. The predicted octanol–water partition coefficient (Wildman–Crippen LogP) is 2.52. The SMILES string of the molecule is CN(C)C(=O)Cc1ccc(NCc2ccoc2)cc1. The Morgan fingerprint density at radius 3 is 2.47 bits per heavy atom. The molecule has 0 unspecified atom stereocenters. The highest BCUT2D eigenvalue weighted by molar-refractivity contribution is 5.78. The highest BCUT2D eigenvalue weighted by Crippen LogP contribution is 2.12. The first-order valence-electron chi connectivity index (χ1n) is 6.19. The largest absolute Gasteiger partial charge is 0.472 e. The molecule has 0 aliphatic carbocycles. The summed E-state index contributed by atoms with van der Waals surface area (Å²) in [5.74, 6) is 0.110. The van der Waals surface area contributed by atoms with Crippen LogP contribution < -0.4 is 5.32 Å². The number of benzene rings is 1. The van der Waals surface area contributed by atoms with Crippen LogP contribution in [-0.2, 0) is 17.8 Å². The average molecular weight is 258 g/mol. The molecule has 0 saturated carbocycles. The van der Waals surface area contributed by atoms with Gasteiger partial charge in [-0.3, -0.25) is 4.79 Å². The van der Waals surface area contributed by atoms with E-state index in [9.17, 15) is 4.79 Å². The quantitative estimate of drug-likeness (QED) is 0.896. The third-order valence-corrected chi connectivity index (χ3v) is 2.88. The van der Waals surface area contributed by atoms with Crippen LogP contribution in [0, 0.1) is 0 Å². The van der Waals surface area contributed by atoms with Gasteiger partial charge in [-0.25, -0.2) is 0 Å². The molecular formula is C15H18N2O2. The van der Waals surface area contributed by atoms with E-state index in [0.717, 1.165) is 23.4 Å². The van der Waals surface area contributed by atoms with Crippen molar-refractivity contribution in [1.82, 2.24) is 4.90 Å². The third kappa shape index (κ3) is 3.88. The number of carbonyl (C=O) groups is 1. The Morgan fingerprint density at radius 1 is 1.16 bits per heavy atom. The van der Waals surface area contributed by atoms with Crippen LogP contribution in [0.2, 0.25) is 0 Å². The molecule has 100 valence electrons. The summed E-state index contributed by atoms with van der Waals surface area (Å²) >= 11 is 0. The second kappa shape index (κ2) is 6.09. The van der Waals surface area contributed by atoms with Gasteiger partial charge < -0.3 is 14.6 Å². The van der Waals surface area contributed by atoms with Gasteiger partial charge in [-0.2, -0.15) is 0 Å². The topological polar surface area (TPSA) is 45.5 Å². The summed E-state index contributed by atoms with van der Waals surface area (Å²) in [6, 6.07) is 9.84.